The summed E-state index contributed by atoms with van der Waals surface area (Å²) in [4.78, 5) is 12.2. The molecule has 1 heterocycles. The molecule has 1 rings (SSSR count). The zero-order chi connectivity index (χ0) is 13.9. The Bertz CT molecular complexity index is 297. The van der Waals surface area contributed by atoms with Crippen LogP contribution in [0.25, 0.3) is 0 Å². The molecular formula is C10H16F3NO4. The van der Waals surface area contributed by atoms with Crippen molar-refractivity contribution in [1.82, 2.24) is 4.90 Å². The van der Waals surface area contributed by atoms with Gasteiger partial charge in [0.05, 0.1) is 19.1 Å². The highest BCUT2D eigenvalue weighted by molar-refractivity contribution is 5.71. The van der Waals surface area contributed by atoms with E-state index in [1.807, 2.05) is 0 Å². The summed E-state index contributed by atoms with van der Waals surface area (Å²) in [5.41, 5.74) is 0. The minimum Gasteiger partial charge on any atom is -0.481 e. The van der Waals surface area contributed by atoms with Gasteiger partial charge < -0.3 is 14.9 Å². The van der Waals surface area contributed by atoms with Gasteiger partial charge in [-0.2, -0.15) is 13.2 Å². The van der Waals surface area contributed by atoms with Crippen LogP contribution in [-0.2, 0) is 9.53 Å². The highest BCUT2D eigenvalue weighted by Crippen LogP contribution is 2.24. The molecule has 1 saturated heterocycles. The number of aliphatic hydroxyl groups excluding tert-OH is 1. The Morgan fingerprint density at radius 2 is 2.11 bits per heavy atom. The molecule has 0 radical (unpaired) electrons. The molecule has 5 nitrogen and oxygen atoms in total. The van der Waals surface area contributed by atoms with E-state index in [1.54, 1.807) is 6.92 Å². The van der Waals surface area contributed by atoms with Gasteiger partial charge in [0.1, 0.15) is 0 Å². The van der Waals surface area contributed by atoms with E-state index < -0.39 is 36.8 Å². The largest absolute Gasteiger partial charge is 0.481 e. The van der Waals surface area contributed by atoms with Gasteiger partial charge in [-0.25, -0.2) is 0 Å². The number of carboxylic acids is 1. The van der Waals surface area contributed by atoms with Crippen LogP contribution in [0.2, 0.25) is 0 Å². The maximum atomic E-state index is 12.3. The quantitative estimate of drug-likeness (QED) is 0.754. The van der Waals surface area contributed by atoms with E-state index in [-0.39, 0.29) is 19.8 Å². The molecule has 8 heteroatoms. The Kier molecular flexibility index (Phi) is 4.94. The van der Waals surface area contributed by atoms with Gasteiger partial charge >= 0.3 is 12.1 Å². The number of hydrogen-bond donors (Lipinski definition) is 2. The van der Waals surface area contributed by atoms with E-state index >= 15 is 0 Å². The van der Waals surface area contributed by atoms with Crippen molar-refractivity contribution >= 4 is 5.97 Å². The van der Waals surface area contributed by atoms with E-state index in [1.165, 1.54) is 4.90 Å². The average Bonchev–Trinajstić information content (AvgIpc) is 2.72. The predicted octanol–water partition coefficient (Wildman–Crippen LogP) is 0.331. The van der Waals surface area contributed by atoms with Crippen LogP contribution in [-0.4, -0.2) is 65.7 Å². The number of alkyl halides is 3. The second kappa shape index (κ2) is 5.85. The first-order valence-electron chi connectivity index (χ1n) is 5.56. The molecule has 0 aliphatic carbocycles. The smallest absolute Gasteiger partial charge is 0.415 e. The van der Waals surface area contributed by atoms with Crippen molar-refractivity contribution in [2.45, 2.75) is 25.2 Å². The standard InChI is InChI=1S/C10H16F3NO4/c1-2-14(3-8(15)10(11,12)13)7-5-18-4-6(7)9(16)17/h6-8,15H,2-5H2,1H3,(H,16,17). The first-order valence-corrected chi connectivity index (χ1v) is 5.56. The molecule has 0 spiro atoms. The Hall–Kier alpha value is -0.860. The van der Waals surface area contributed by atoms with Gasteiger partial charge in [0.25, 0.3) is 0 Å². The van der Waals surface area contributed by atoms with Crippen LogP contribution in [0.3, 0.4) is 0 Å². The maximum Gasteiger partial charge on any atom is 0.415 e. The highest BCUT2D eigenvalue weighted by Gasteiger charge is 2.43. The molecule has 0 aromatic carbocycles. The summed E-state index contributed by atoms with van der Waals surface area (Å²) < 4.78 is 41.8. The lowest BCUT2D eigenvalue weighted by atomic mass is 10.0. The van der Waals surface area contributed by atoms with Crippen molar-refractivity contribution in [2.75, 3.05) is 26.3 Å². The summed E-state index contributed by atoms with van der Waals surface area (Å²) in [5.74, 6) is -1.96. The third-order valence-corrected chi connectivity index (χ3v) is 3.03. The van der Waals surface area contributed by atoms with E-state index in [2.05, 4.69) is 0 Å². The molecule has 3 atom stereocenters. The van der Waals surface area contributed by atoms with Crippen molar-refractivity contribution in [1.29, 1.82) is 0 Å². The van der Waals surface area contributed by atoms with E-state index in [0.717, 1.165) is 0 Å². The molecule has 1 aliphatic heterocycles. The fourth-order valence-corrected chi connectivity index (χ4v) is 1.96. The lowest BCUT2D eigenvalue weighted by Crippen LogP contribution is -2.49. The molecule has 0 aromatic heterocycles. The molecule has 18 heavy (non-hydrogen) atoms. The van der Waals surface area contributed by atoms with Crippen LogP contribution in [0, 0.1) is 5.92 Å². The topological polar surface area (TPSA) is 70.0 Å². The summed E-state index contributed by atoms with van der Waals surface area (Å²) in [6.07, 6.45) is -7.18. The molecule has 1 aliphatic rings. The van der Waals surface area contributed by atoms with Crippen molar-refractivity contribution in [3.63, 3.8) is 0 Å². The van der Waals surface area contributed by atoms with E-state index in [0.29, 0.717) is 0 Å². The molecule has 0 saturated carbocycles. The van der Waals surface area contributed by atoms with E-state index in [9.17, 15) is 18.0 Å². The zero-order valence-electron chi connectivity index (χ0n) is 9.85. The Balaban J connectivity index is 2.68. The molecular weight excluding hydrogens is 255 g/mol. The number of nitrogens with zero attached hydrogens (tertiary/aromatic N) is 1. The molecule has 3 unspecified atom stereocenters. The van der Waals surface area contributed by atoms with Crippen molar-refractivity contribution in [2.24, 2.45) is 5.92 Å². The van der Waals surface area contributed by atoms with Crippen LogP contribution in [0.1, 0.15) is 6.92 Å². The average molecular weight is 271 g/mol. The van der Waals surface area contributed by atoms with Crippen molar-refractivity contribution < 1.29 is 32.9 Å². The van der Waals surface area contributed by atoms with Gasteiger partial charge in [0.2, 0.25) is 0 Å². The first kappa shape index (κ1) is 15.2. The summed E-state index contributed by atoms with van der Waals surface area (Å²) in [6, 6.07) is -0.635. The number of aliphatic hydroxyl groups is 1. The highest BCUT2D eigenvalue weighted by atomic mass is 19.4. The molecule has 0 bridgehead atoms. The van der Waals surface area contributed by atoms with Gasteiger partial charge in [-0.15, -0.1) is 0 Å². The van der Waals surface area contributed by atoms with Gasteiger partial charge in [0, 0.05) is 12.6 Å². The van der Waals surface area contributed by atoms with Crippen LogP contribution >= 0.6 is 0 Å². The monoisotopic (exact) mass is 271 g/mol. The summed E-state index contributed by atoms with van der Waals surface area (Å²) in [7, 11) is 0. The lowest BCUT2D eigenvalue weighted by Gasteiger charge is -2.31. The number of aliphatic carboxylic acids is 1. The van der Waals surface area contributed by atoms with Gasteiger partial charge in [-0.1, -0.05) is 6.92 Å². The minimum absolute atomic E-state index is 0.0153. The second-order valence-corrected chi connectivity index (χ2v) is 4.19. The molecule has 1 fully saturated rings. The molecule has 2 N–H and O–H groups in total. The predicted molar refractivity (Wildman–Crippen MR) is 55.0 cm³/mol. The molecule has 0 amide bonds. The fourth-order valence-electron chi connectivity index (χ4n) is 1.96. The van der Waals surface area contributed by atoms with Gasteiger partial charge in [0.15, 0.2) is 6.10 Å². The van der Waals surface area contributed by atoms with Crippen LogP contribution in [0.4, 0.5) is 13.2 Å². The number of likely N-dealkylation sites (N-methyl/N-ethyl adjacent to an activating group) is 1. The minimum atomic E-state index is -4.70. The second-order valence-electron chi connectivity index (χ2n) is 4.19. The number of ether oxygens (including phenoxy) is 1. The Morgan fingerprint density at radius 1 is 1.50 bits per heavy atom. The fraction of sp³-hybridized carbons (Fsp3) is 0.900. The SMILES string of the molecule is CCN(CC(O)C(F)(F)F)C1COCC1C(=O)O. The third-order valence-electron chi connectivity index (χ3n) is 3.03. The number of halogens is 3. The number of hydrogen-bond acceptors (Lipinski definition) is 4. The van der Waals surface area contributed by atoms with Crippen LogP contribution < -0.4 is 0 Å². The molecule has 106 valence electrons. The third kappa shape index (κ3) is 3.56. The number of carboxylic acid groups (broad SMARTS) is 1. The Morgan fingerprint density at radius 3 is 2.56 bits per heavy atom. The zero-order valence-corrected chi connectivity index (χ0v) is 9.85. The van der Waals surface area contributed by atoms with Crippen molar-refractivity contribution in [3.05, 3.63) is 0 Å². The van der Waals surface area contributed by atoms with Crippen molar-refractivity contribution in [3.8, 4) is 0 Å². The molecule has 0 aromatic rings. The summed E-state index contributed by atoms with van der Waals surface area (Å²) in [5, 5.41) is 17.9. The first-order chi connectivity index (χ1) is 8.27. The Labute approximate surface area is 102 Å². The summed E-state index contributed by atoms with van der Waals surface area (Å²) >= 11 is 0. The summed E-state index contributed by atoms with van der Waals surface area (Å²) in [6.45, 7) is 1.23. The maximum absolute atomic E-state index is 12.3. The van der Waals surface area contributed by atoms with Crippen LogP contribution in [0.15, 0.2) is 0 Å². The normalized spacial score (nSPS) is 26.6. The lowest BCUT2D eigenvalue weighted by molar-refractivity contribution is -0.209. The van der Waals surface area contributed by atoms with Crippen LogP contribution in [0.5, 0.6) is 0 Å². The number of rotatable bonds is 5. The van der Waals surface area contributed by atoms with E-state index in [4.69, 9.17) is 14.9 Å². The van der Waals surface area contributed by atoms with Gasteiger partial charge in [-0.3, -0.25) is 9.69 Å². The number of carbonyl (C=O) groups is 1. The van der Waals surface area contributed by atoms with Gasteiger partial charge in [-0.05, 0) is 6.54 Å².